The molecule has 4 heterocycles. The van der Waals surface area contributed by atoms with Gasteiger partial charge in [-0.15, -0.1) is 0 Å². The van der Waals surface area contributed by atoms with Crippen LogP contribution in [-0.2, 0) is 30.2 Å². The predicted molar refractivity (Wildman–Crippen MR) is 117 cm³/mol. The number of carbonyl (C=O) groups excluding carboxylic acids is 1. The molecule has 8 heteroatoms. The van der Waals surface area contributed by atoms with E-state index in [2.05, 4.69) is 15.4 Å². The molecule has 1 unspecified atom stereocenters. The minimum Gasteiger partial charge on any atom is -0.366 e. The van der Waals surface area contributed by atoms with Gasteiger partial charge in [0.25, 0.3) is 0 Å². The van der Waals surface area contributed by atoms with Crippen LogP contribution in [0.3, 0.4) is 0 Å². The largest absolute Gasteiger partial charge is 0.366 e. The summed E-state index contributed by atoms with van der Waals surface area (Å²) in [5.74, 6) is 1.70. The topological polar surface area (TPSA) is 88.8 Å². The summed E-state index contributed by atoms with van der Waals surface area (Å²) in [5, 5.41) is 7.79. The highest BCUT2D eigenvalue weighted by atomic mass is 16.2. The number of fused-ring (bicyclic) bond motifs is 2. The molecular formula is C23H27N7O. The second kappa shape index (κ2) is 7.76. The lowest BCUT2D eigenvalue weighted by atomic mass is 9.77. The fourth-order valence-electron chi connectivity index (χ4n) is 4.96. The molecule has 8 nitrogen and oxygen atoms in total. The number of rotatable bonds is 4. The van der Waals surface area contributed by atoms with Crippen LogP contribution in [0.5, 0.6) is 0 Å². The Hall–Kier alpha value is -3.29. The highest BCUT2D eigenvalue weighted by Gasteiger charge is 2.45. The summed E-state index contributed by atoms with van der Waals surface area (Å²) in [6.45, 7) is 3.88. The number of nitrogens with one attached hydrogen (secondary N) is 1. The van der Waals surface area contributed by atoms with E-state index in [9.17, 15) is 4.79 Å². The van der Waals surface area contributed by atoms with Gasteiger partial charge in [0.1, 0.15) is 5.82 Å². The van der Waals surface area contributed by atoms with Gasteiger partial charge >= 0.3 is 0 Å². The average molecular weight is 418 g/mol. The summed E-state index contributed by atoms with van der Waals surface area (Å²) in [4.78, 5) is 28.3. The number of likely N-dealkylation sites (tertiary alicyclic amines) is 1. The minimum absolute atomic E-state index is 0.0934. The van der Waals surface area contributed by atoms with E-state index in [-0.39, 0.29) is 11.3 Å². The molecule has 0 aromatic carbocycles. The Bertz CT molecular complexity index is 1110. The molecule has 0 bridgehead atoms. The van der Waals surface area contributed by atoms with E-state index in [1.54, 1.807) is 24.0 Å². The number of hydrogen-bond donors (Lipinski definition) is 1. The van der Waals surface area contributed by atoms with Crippen molar-refractivity contribution in [2.24, 2.45) is 7.05 Å². The molecule has 31 heavy (non-hydrogen) atoms. The number of nitrogens with zero attached hydrogens (tertiary/aromatic N) is 6. The molecule has 160 valence electrons. The van der Waals surface area contributed by atoms with Crippen molar-refractivity contribution in [1.82, 2.24) is 29.6 Å². The zero-order chi connectivity index (χ0) is 21.4. The number of amides is 1. The summed E-state index contributed by atoms with van der Waals surface area (Å²) in [5.41, 5.74) is 4.19. The van der Waals surface area contributed by atoms with Crippen molar-refractivity contribution in [3.8, 4) is 11.4 Å². The smallest absolute Gasteiger partial charge is 0.219 e. The summed E-state index contributed by atoms with van der Waals surface area (Å²) >= 11 is 0. The van der Waals surface area contributed by atoms with Crippen LogP contribution in [0.1, 0.15) is 43.0 Å². The van der Waals surface area contributed by atoms with Gasteiger partial charge in [0, 0.05) is 74.3 Å². The van der Waals surface area contributed by atoms with Gasteiger partial charge < -0.3 is 10.2 Å². The fraction of sp³-hybridized carbons (Fsp3) is 0.435. The third-order valence-corrected chi connectivity index (χ3v) is 6.52. The number of carbonyl (C=O) groups is 1. The number of aromatic nitrogens is 5. The van der Waals surface area contributed by atoms with E-state index in [0.29, 0.717) is 12.4 Å². The number of hydrogen-bond acceptors (Lipinski definition) is 6. The molecule has 1 atom stereocenters. The highest BCUT2D eigenvalue weighted by molar-refractivity contribution is 5.73. The molecule has 2 aliphatic rings. The standard InChI is InChI=1S/C23H27N7O/c1-16(31)30-10-4-7-23(15-30)8-6-19-20(23)27-21(18-5-3-9-24-13-18)28-22(19)25-11-17-12-26-29(2)14-17/h3,5,9,12-14H,4,6-8,10-11,15H2,1-2H3,(H,25,27,28). The van der Waals surface area contributed by atoms with Crippen molar-refractivity contribution in [1.29, 1.82) is 0 Å². The maximum absolute atomic E-state index is 12.1. The molecule has 1 amide bonds. The molecule has 3 aromatic rings. The minimum atomic E-state index is -0.0934. The first-order valence-electron chi connectivity index (χ1n) is 10.8. The maximum atomic E-state index is 12.1. The Morgan fingerprint density at radius 1 is 1.26 bits per heavy atom. The number of pyridine rings is 1. The van der Waals surface area contributed by atoms with E-state index in [0.717, 1.165) is 61.4 Å². The summed E-state index contributed by atoms with van der Waals surface area (Å²) in [6.07, 6.45) is 11.4. The summed E-state index contributed by atoms with van der Waals surface area (Å²) < 4.78 is 1.80. The van der Waals surface area contributed by atoms with Crippen LogP contribution in [0.4, 0.5) is 5.82 Å². The van der Waals surface area contributed by atoms with Gasteiger partial charge in [-0.25, -0.2) is 9.97 Å². The van der Waals surface area contributed by atoms with E-state index in [4.69, 9.17) is 9.97 Å². The molecular weight excluding hydrogens is 390 g/mol. The van der Waals surface area contributed by atoms with Crippen molar-refractivity contribution in [2.45, 2.75) is 44.6 Å². The predicted octanol–water partition coefficient (Wildman–Crippen LogP) is 2.71. The van der Waals surface area contributed by atoms with E-state index in [1.165, 1.54) is 5.56 Å². The Morgan fingerprint density at radius 2 is 2.16 bits per heavy atom. The van der Waals surface area contributed by atoms with Gasteiger partial charge in [0.15, 0.2) is 5.82 Å². The quantitative estimate of drug-likeness (QED) is 0.702. The van der Waals surface area contributed by atoms with Crippen molar-refractivity contribution in [3.05, 3.63) is 53.7 Å². The highest BCUT2D eigenvalue weighted by Crippen LogP contribution is 2.46. The lowest BCUT2D eigenvalue weighted by Crippen LogP contribution is -2.47. The molecule has 3 aromatic heterocycles. The molecule has 1 spiro atoms. The molecule has 1 aliphatic heterocycles. The number of anilines is 1. The SMILES string of the molecule is CC(=O)N1CCCC2(CCc3c(NCc4cnn(C)c4)nc(-c4cccnc4)nc32)C1. The lowest BCUT2D eigenvalue weighted by Gasteiger charge is -2.40. The summed E-state index contributed by atoms with van der Waals surface area (Å²) in [6, 6.07) is 3.90. The first kappa shape index (κ1) is 19.7. The van der Waals surface area contributed by atoms with Crippen LogP contribution in [0.2, 0.25) is 0 Å². The third-order valence-electron chi connectivity index (χ3n) is 6.52. The zero-order valence-corrected chi connectivity index (χ0v) is 18.0. The Morgan fingerprint density at radius 3 is 2.90 bits per heavy atom. The molecule has 5 rings (SSSR count). The molecule has 1 aliphatic carbocycles. The maximum Gasteiger partial charge on any atom is 0.219 e. The zero-order valence-electron chi connectivity index (χ0n) is 18.0. The van der Waals surface area contributed by atoms with Crippen LogP contribution >= 0.6 is 0 Å². The van der Waals surface area contributed by atoms with Gasteiger partial charge in [-0.3, -0.25) is 14.5 Å². The molecule has 1 saturated heterocycles. The number of piperidine rings is 1. The van der Waals surface area contributed by atoms with Gasteiger partial charge in [0.05, 0.1) is 11.9 Å². The van der Waals surface area contributed by atoms with Crippen LogP contribution in [0.15, 0.2) is 36.9 Å². The van der Waals surface area contributed by atoms with Crippen molar-refractivity contribution < 1.29 is 4.79 Å². The van der Waals surface area contributed by atoms with Crippen LogP contribution in [0, 0.1) is 0 Å². The molecule has 1 N–H and O–H groups in total. The van der Waals surface area contributed by atoms with Gasteiger partial charge in [-0.2, -0.15) is 5.10 Å². The fourth-order valence-corrected chi connectivity index (χ4v) is 4.96. The molecule has 1 fully saturated rings. The number of aryl methyl sites for hydroxylation is 1. The normalized spacial score (nSPS) is 20.1. The monoisotopic (exact) mass is 417 g/mol. The van der Waals surface area contributed by atoms with Crippen molar-refractivity contribution in [2.75, 3.05) is 18.4 Å². The van der Waals surface area contributed by atoms with E-state index in [1.807, 2.05) is 36.5 Å². The van der Waals surface area contributed by atoms with Gasteiger partial charge in [-0.05, 0) is 37.8 Å². The average Bonchev–Trinajstić information content (AvgIpc) is 3.36. The third kappa shape index (κ3) is 3.66. The molecule has 0 saturated carbocycles. The first-order valence-corrected chi connectivity index (χ1v) is 10.8. The second-order valence-corrected chi connectivity index (χ2v) is 8.66. The Balaban J connectivity index is 1.56. The van der Waals surface area contributed by atoms with Crippen LogP contribution in [0.25, 0.3) is 11.4 Å². The van der Waals surface area contributed by atoms with Crippen molar-refractivity contribution >= 4 is 11.7 Å². The van der Waals surface area contributed by atoms with Crippen LogP contribution < -0.4 is 5.32 Å². The first-order chi connectivity index (χ1) is 15.0. The Labute approximate surface area is 181 Å². The van der Waals surface area contributed by atoms with E-state index >= 15 is 0 Å². The Kier molecular flexibility index (Phi) is 4.92. The second-order valence-electron chi connectivity index (χ2n) is 8.66. The van der Waals surface area contributed by atoms with Crippen LogP contribution in [-0.4, -0.2) is 48.6 Å². The van der Waals surface area contributed by atoms with Gasteiger partial charge in [-0.1, -0.05) is 0 Å². The molecule has 0 radical (unpaired) electrons. The summed E-state index contributed by atoms with van der Waals surface area (Å²) in [7, 11) is 1.92. The lowest BCUT2D eigenvalue weighted by molar-refractivity contribution is -0.131. The van der Waals surface area contributed by atoms with Crippen molar-refractivity contribution in [3.63, 3.8) is 0 Å². The van der Waals surface area contributed by atoms with Gasteiger partial charge in [0.2, 0.25) is 5.91 Å². The van der Waals surface area contributed by atoms with E-state index < -0.39 is 0 Å².